The Morgan fingerprint density at radius 2 is 2.04 bits per heavy atom. The number of nitrogens with zero attached hydrogens (tertiary/aromatic N) is 3. The highest BCUT2D eigenvalue weighted by molar-refractivity contribution is 5.13. The molecule has 1 saturated heterocycles. The van der Waals surface area contributed by atoms with Crippen LogP contribution < -0.4 is 0 Å². The molecule has 1 fully saturated rings. The molecule has 1 aliphatic heterocycles. The van der Waals surface area contributed by atoms with Gasteiger partial charge in [0, 0.05) is 11.5 Å². The van der Waals surface area contributed by atoms with E-state index in [2.05, 4.69) is 10.0 Å². The Labute approximate surface area is 148 Å². The van der Waals surface area contributed by atoms with Gasteiger partial charge in [0.25, 0.3) is 0 Å². The Hall–Kier alpha value is -1.63. The van der Waals surface area contributed by atoms with Gasteiger partial charge in [-0.2, -0.15) is 0 Å². The van der Waals surface area contributed by atoms with Gasteiger partial charge in [-0.3, -0.25) is 0 Å². The van der Waals surface area contributed by atoms with Crippen LogP contribution in [-0.4, -0.2) is 42.4 Å². The van der Waals surface area contributed by atoms with Crippen LogP contribution in [0, 0.1) is 0 Å². The molecule has 0 aliphatic carbocycles. The van der Waals surface area contributed by atoms with E-state index in [1.54, 1.807) is 13.8 Å². The average molecular weight is 349 g/mol. The molecule has 1 aromatic rings. The fourth-order valence-corrected chi connectivity index (χ4v) is 3.01. The van der Waals surface area contributed by atoms with Crippen molar-refractivity contribution in [1.82, 2.24) is 0 Å². The number of hydrogen-bond acceptors (Lipinski definition) is 5. The van der Waals surface area contributed by atoms with Crippen LogP contribution in [0.3, 0.4) is 0 Å². The van der Waals surface area contributed by atoms with Crippen molar-refractivity contribution in [3.05, 3.63) is 46.3 Å². The van der Waals surface area contributed by atoms with Crippen molar-refractivity contribution >= 4 is 0 Å². The predicted octanol–water partition coefficient (Wildman–Crippen LogP) is 3.56. The molecule has 2 rings (SSSR count). The van der Waals surface area contributed by atoms with Gasteiger partial charge >= 0.3 is 0 Å². The number of hydrogen-bond donors (Lipinski definition) is 1. The van der Waals surface area contributed by atoms with Crippen molar-refractivity contribution in [2.75, 3.05) is 13.2 Å². The van der Waals surface area contributed by atoms with Crippen LogP contribution in [0.5, 0.6) is 0 Å². The first kappa shape index (κ1) is 19.7. The molecule has 1 aliphatic rings. The molecule has 0 radical (unpaired) electrons. The second-order valence-electron chi connectivity index (χ2n) is 6.63. The number of rotatable bonds is 10. The molecule has 3 atom stereocenters. The summed E-state index contributed by atoms with van der Waals surface area (Å²) in [5.41, 5.74) is 9.98. The molecule has 7 heteroatoms. The number of unbranched alkanes of at least 4 members (excludes halogenated alkanes) is 1. The van der Waals surface area contributed by atoms with Crippen LogP contribution >= 0.6 is 0 Å². The number of aliphatic hydroxyl groups is 1. The predicted molar refractivity (Wildman–Crippen MR) is 93.8 cm³/mol. The summed E-state index contributed by atoms with van der Waals surface area (Å²) in [6, 6.07) is 9.67. The second-order valence-corrected chi connectivity index (χ2v) is 6.63. The molecule has 138 valence electrons. The summed E-state index contributed by atoms with van der Waals surface area (Å²) in [6.45, 7) is 4.67. The highest BCUT2D eigenvalue weighted by atomic mass is 16.8. The summed E-state index contributed by atoms with van der Waals surface area (Å²) in [4.78, 5) is 2.93. The molecule has 1 heterocycles. The Kier molecular flexibility index (Phi) is 7.68. The maximum Gasteiger partial charge on any atom is 0.163 e. The smallest absolute Gasteiger partial charge is 0.163 e. The lowest BCUT2D eigenvalue weighted by atomic mass is 10.0. The molecule has 0 amide bonds. The Morgan fingerprint density at radius 3 is 2.72 bits per heavy atom. The maximum absolute atomic E-state index is 9.48. The summed E-state index contributed by atoms with van der Waals surface area (Å²) < 4.78 is 17.1. The van der Waals surface area contributed by atoms with E-state index in [1.165, 1.54) is 0 Å². The summed E-state index contributed by atoms with van der Waals surface area (Å²) in [5, 5.41) is 13.3. The summed E-state index contributed by atoms with van der Waals surface area (Å²) in [6.07, 6.45) is 1.47. The molecule has 0 bridgehead atoms. The number of azide groups is 1. The van der Waals surface area contributed by atoms with Crippen LogP contribution in [-0.2, 0) is 20.8 Å². The van der Waals surface area contributed by atoms with Crippen molar-refractivity contribution in [3.8, 4) is 0 Å². The Bertz CT molecular complexity index is 561. The largest absolute Gasteiger partial charge is 0.394 e. The van der Waals surface area contributed by atoms with E-state index < -0.39 is 18.0 Å². The van der Waals surface area contributed by atoms with Crippen molar-refractivity contribution in [2.24, 2.45) is 5.11 Å². The average Bonchev–Trinajstić information content (AvgIpc) is 2.92. The van der Waals surface area contributed by atoms with E-state index in [0.717, 1.165) is 18.4 Å². The first-order valence-corrected chi connectivity index (χ1v) is 8.68. The number of benzene rings is 1. The zero-order valence-corrected chi connectivity index (χ0v) is 14.9. The fourth-order valence-electron chi connectivity index (χ4n) is 3.01. The van der Waals surface area contributed by atoms with Crippen molar-refractivity contribution in [1.29, 1.82) is 0 Å². The van der Waals surface area contributed by atoms with Crippen LogP contribution in [0.2, 0.25) is 0 Å². The van der Waals surface area contributed by atoms with E-state index in [-0.39, 0.29) is 12.6 Å². The van der Waals surface area contributed by atoms with Crippen LogP contribution in [0.1, 0.15) is 38.7 Å². The minimum absolute atomic E-state index is 0.161. The molecule has 25 heavy (non-hydrogen) atoms. The molecule has 0 saturated carbocycles. The topological polar surface area (TPSA) is 96.7 Å². The number of aliphatic hydroxyl groups excluding tert-OH is 1. The summed E-state index contributed by atoms with van der Waals surface area (Å²) >= 11 is 0. The molecule has 0 unspecified atom stereocenters. The normalized spacial score (nSPS) is 23.2. The lowest BCUT2D eigenvalue weighted by Gasteiger charge is -2.22. The highest BCUT2D eigenvalue weighted by Crippen LogP contribution is 2.32. The fraction of sp³-hybridized carbons (Fsp3) is 0.667. The first-order valence-electron chi connectivity index (χ1n) is 8.68. The Balaban J connectivity index is 1.73. The van der Waals surface area contributed by atoms with Gasteiger partial charge in [0.2, 0.25) is 0 Å². The van der Waals surface area contributed by atoms with Gasteiger partial charge in [-0.1, -0.05) is 41.9 Å². The SMILES string of the molecule is CC1(C)O[C@@H]([C@H](CCCCOCc2ccccc2)N=[N+]=[N-])[C@H](CO)O1. The molecule has 1 aromatic carbocycles. The van der Waals surface area contributed by atoms with Crippen molar-refractivity contribution < 1.29 is 19.3 Å². The van der Waals surface area contributed by atoms with Crippen molar-refractivity contribution in [2.45, 2.75) is 63.8 Å². The lowest BCUT2D eigenvalue weighted by Crippen LogP contribution is -2.36. The monoisotopic (exact) mass is 349 g/mol. The van der Waals surface area contributed by atoms with Crippen LogP contribution in [0.4, 0.5) is 0 Å². The molecular weight excluding hydrogens is 322 g/mol. The van der Waals surface area contributed by atoms with Gasteiger partial charge in [-0.25, -0.2) is 0 Å². The third-order valence-corrected chi connectivity index (χ3v) is 4.13. The quantitative estimate of drug-likeness (QED) is 0.302. The molecular formula is C18H27N3O4. The zero-order valence-electron chi connectivity index (χ0n) is 14.9. The standard InChI is InChI=1S/C18H27N3O4/c1-18(2)24-16(12-22)17(25-18)15(20-21-19)10-6-7-11-23-13-14-8-4-3-5-9-14/h3-5,8-9,15-17,22H,6-7,10-13H2,1-2H3/t15-,16-,17-/m0/s1. The van der Waals surface area contributed by atoms with E-state index in [1.807, 2.05) is 30.3 Å². The van der Waals surface area contributed by atoms with Crippen LogP contribution in [0.15, 0.2) is 35.4 Å². The summed E-state index contributed by atoms with van der Waals surface area (Å²) in [5.74, 6) is -0.778. The van der Waals surface area contributed by atoms with Crippen molar-refractivity contribution in [3.63, 3.8) is 0 Å². The number of ether oxygens (including phenoxy) is 3. The molecule has 7 nitrogen and oxygen atoms in total. The van der Waals surface area contributed by atoms with Gasteiger partial charge in [-0.05, 0) is 37.8 Å². The van der Waals surface area contributed by atoms with E-state index in [4.69, 9.17) is 19.7 Å². The third kappa shape index (κ3) is 6.30. The van der Waals surface area contributed by atoms with Gasteiger partial charge in [0.05, 0.1) is 25.4 Å². The maximum atomic E-state index is 9.48. The first-order chi connectivity index (χ1) is 12.1. The van der Waals surface area contributed by atoms with E-state index in [9.17, 15) is 5.11 Å². The second kappa shape index (κ2) is 9.75. The Morgan fingerprint density at radius 1 is 1.28 bits per heavy atom. The van der Waals surface area contributed by atoms with Gasteiger partial charge < -0.3 is 19.3 Å². The molecule has 0 spiro atoms. The third-order valence-electron chi connectivity index (χ3n) is 4.13. The zero-order chi connectivity index (χ0) is 18.1. The lowest BCUT2D eigenvalue weighted by molar-refractivity contribution is -0.150. The van der Waals surface area contributed by atoms with Gasteiger partial charge in [-0.15, -0.1) is 0 Å². The minimum atomic E-state index is -0.778. The van der Waals surface area contributed by atoms with Gasteiger partial charge in [0.1, 0.15) is 6.10 Å². The minimum Gasteiger partial charge on any atom is -0.394 e. The highest BCUT2D eigenvalue weighted by Gasteiger charge is 2.44. The molecule has 0 aromatic heterocycles. The molecule has 1 N–H and O–H groups in total. The summed E-state index contributed by atoms with van der Waals surface area (Å²) in [7, 11) is 0. The van der Waals surface area contributed by atoms with E-state index >= 15 is 0 Å². The van der Waals surface area contributed by atoms with Gasteiger partial charge in [0.15, 0.2) is 5.79 Å². The van der Waals surface area contributed by atoms with E-state index in [0.29, 0.717) is 19.6 Å². The van der Waals surface area contributed by atoms with Crippen LogP contribution in [0.25, 0.3) is 10.4 Å².